The number of anilines is 1. The smallest absolute Gasteiger partial charge is 0.0366 e. The van der Waals surface area contributed by atoms with Crippen LogP contribution in [0, 0.1) is 5.92 Å². The Labute approximate surface area is 124 Å². The van der Waals surface area contributed by atoms with Gasteiger partial charge in [-0.2, -0.15) is 0 Å². The number of nitrogens with zero attached hydrogens (tertiary/aromatic N) is 1. The fourth-order valence-corrected chi connectivity index (χ4v) is 2.71. The van der Waals surface area contributed by atoms with Gasteiger partial charge in [-0.25, -0.2) is 0 Å². The van der Waals surface area contributed by atoms with Crippen LogP contribution in [0.25, 0.3) is 0 Å². The zero-order valence-corrected chi connectivity index (χ0v) is 13.6. The van der Waals surface area contributed by atoms with Gasteiger partial charge in [0.1, 0.15) is 0 Å². The Kier molecular flexibility index (Phi) is 5.09. The Balaban J connectivity index is 1.93. The molecule has 0 spiro atoms. The Morgan fingerprint density at radius 1 is 1.10 bits per heavy atom. The topological polar surface area (TPSA) is 15.3 Å². The maximum absolute atomic E-state index is 3.54. The van der Waals surface area contributed by atoms with E-state index in [1.807, 2.05) is 0 Å². The van der Waals surface area contributed by atoms with E-state index in [0.29, 0.717) is 0 Å². The molecule has 112 valence electrons. The fourth-order valence-electron chi connectivity index (χ4n) is 2.71. The summed E-state index contributed by atoms with van der Waals surface area (Å²) < 4.78 is 0. The molecule has 1 unspecified atom stereocenters. The summed E-state index contributed by atoms with van der Waals surface area (Å²) in [6.07, 6.45) is 4.03. The van der Waals surface area contributed by atoms with Gasteiger partial charge in [0.2, 0.25) is 0 Å². The molecule has 1 aliphatic heterocycles. The molecule has 1 aromatic rings. The summed E-state index contributed by atoms with van der Waals surface area (Å²) >= 11 is 0. The molecule has 0 amide bonds. The van der Waals surface area contributed by atoms with Gasteiger partial charge < -0.3 is 10.2 Å². The second-order valence-corrected chi connectivity index (χ2v) is 7.29. The summed E-state index contributed by atoms with van der Waals surface area (Å²) in [5.74, 6) is 0.884. The summed E-state index contributed by atoms with van der Waals surface area (Å²) in [6, 6.07) is 9.11. The summed E-state index contributed by atoms with van der Waals surface area (Å²) in [7, 11) is 0. The lowest BCUT2D eigenvalue weighted by atomic mass is 10.0. The highest BCUT2D eigenvalue weighted by molar-refractivity contribution is 5.47. The van der Waals surface area contributed by atoms with E-state index in [4.69, 9.17) is 0 Å². The summed E-state index contributed by atoms with van der Waals surface area (Å²) in [6.45, 7) is 12.4. The van der Waals surface area contributed by atoms with E-state index in [9.17, 15) is 0 Å². The Morgan fingerprint density at radius 3 is 2.45 bits per heavy atom. The van der Waals surface area contributed by atoms with Crippen LogP contribution in [-0.4, -0.2) is 18.6 Å². The third-order valence-corrected chi connectivity index (χ3v) is 4.14. The lowest BCUT2D eigenvalue weighted by Crippen LogP contribution is -2.35. The minimum atomic E-state index is 0.180. The first-order chi connectivity index (χ1) is 9.44. The van der Waals surface area contributed by atoms with Crippen molar-refractivity contribution in [1.29, 1.82) is 0 Å². The van der Waals surface area contributed by atoms with Crippen molar-refractivity contribution in [3.63, 3.8) is 0 Å². The van der Waals surface area contributed by atoms with Gasteiger partial charge in [0.05, 0.1) is 0 Å². The highest BCUT2D eigenvalue weighted by Gasteiger charge is 2.14. The molecule has 1 fully saturated rings. The van der Waals surface area contributed by atoms with Gasteiger partial charge in [0.15, 0.2) is 0 Å². The van der Waals surface area contributed by atoms with Gasteiger partial charge in [-0.05, 0) is 63.6 Å². The molecule has 2 rings (SSSR count). The highest BCUT2D eigenvalue weighted by atomic mass is 15.1. The normalized spacial score (nSPS) is 20.8. The van der Waals surface area contributed by atoms with E-state index in [0.717, 1.165) is 12.5 Å². The van der Waals surface area contributed by atoms with Crippen molar-refractivity contribution in [2.45, 2.75) is 59.0 Å². The summed E-state index contributed by atoms with van der Waals surface area (Å²) in [5, 5.41) is 3.54. The molecule has 20 heavy (non-hydrogen) atoms. The van der Waals surface area contributed by atoms with Crippen LogP contribution in [0.1, 0.15) is 52.5 Å². The molecule has 1 atom stereocenters. The average Bonchev–Trinajstić information content (AvgIpc) is 2.61. The van der Waals surface area contributed by atoms with Crippen molar-refractivity contribution >= 4 is 5.69 Å². The van der Waals surface area contributed by atoms with E-state index in [-0.39, 0.29) is 5.54 Å². The molecule has 2 heteroatoms. The molecule has 0 aromatic heterocycles. The number of hydrogen-bond acceptors (Lipinski definition) is 2. The van der Waals surface area contributed by atoms with Crippen molar-refractivity contribution in [2.24, 2.45) is 5.92 Å². The van der Waals surface area contributed by atoms with Crippen molar-refractivity contribution in [3.8, 4) is 0 Å². The van der Waals surface area contributed by atoms with E-state index >= 15 is 0 Å². The van der Waals surface area contributed by atoms with Crippen LogP contribution >= 0.6 is 0 Å². The second-order valence-electron chi connectivity index (χ2n) is 7.29. The number of hydrogen-bond donors (Lipinski definition) is 1. The van der Waals surface area contributed by atoms with E-state index in [2.05, 4.69) is 62.2 Å². The van der Waals surface area contributed by atoms with Crippen molar-refractivity contribution < 1.29 is 0 Å². The molecular weight excluding hydrogens is 244 g/mol. The Hall–Kier alpha value is -1.02. The third kappa shape index (κ3) is 4.82. The lowest BCUT2D eigenvalue weighted by molar-refractivity contribution is 0.424. The molecule has 1 N–H and O–H groups in total. The molecule has 0 radical (unpaired) electrons. The average molecular weight is 274 g/mol. The monoisotopic (exact) mass is 274 g/mol. The zero-order chi connectivity index (χ0) is 14.6. The molecule has 1 aromatic carbocycles. The molecule has 2 nitrogen and oxygen atoms in total. The number of nitrogens with one attached hydrogen (secondary N) is 1. The third-order valence-electron chi connectivity index (χ3n) is 4.14. The largest absolute Gasteiger partial charge is 0.372 e. The SMILES string of the molecule is CC1CCCN(c2ccc(CNC(C)(C)C)cc2)CC1. The van der Waals surface area contributed by atoms with Crippen LogP contribution in [-0.2, 0) is 6.54 Å². The van der Waals surface area contributed by atoms with Gasteiger partial charge >= 0.3 is 0 Å². The Bertz CT molecular complexity index is 402. The van der Waals surface area contributed by atoms with Crippen molar-refractivity contribution in [3.05, 3.63) is 29.8 Å². The van der Waals surface area contributed by atoms with Gasteiger partial charge in [-0.1, -0.05) is 19.1 Å². The van der Waals surface area contributed by atoms with Crippen LogP contribution < -0.4 is 10.2 Å². The fraction of sp³-hybridized carbons (Fsp3) is 0.667. The minimum absolute atomic E-state index is 0.180. The molecule has 1 aliphatic rings. The first kappa shape index (κ1) is 15.4. The molecule has 1 heterocycles. The quantitative estimate of drug-likeness (QED) is 0.888. The molecule has 0 saturated carbocycles. The van der Waals surface area contributed by atoms with Gasteiger partial charge in [-0.15, -0.1) is 0 Å². The predicted molar refractivity (Wildman–Crippen MR) is 88.3 cm³/mol. The van der Waals surface area contributed by atoms with Crippen LogP contribution in [0.3, 0.4) is 0 Å². The van der Waals surface area contributed by atoms with Crippen LogP contribution in [0.2, 0.25) is 0 Å². The molecular formula is C18H30N2. The maximum atomic E-state index is 3.54. The predicted octanol–water partition coefficient (Wildman–Crippen LogP) is 4.20. The highest BCUT2D eigenvalue weighted by Crippen LogP contribution is 2.22. The molecule has 0 bridgehead atoms. The summed E-state index contributed by atoms with van der Waals surface area (Å²) in [4.78, 5) is 2.55. The molecule has 0 aliphatic carbocycles. The Morgan fingerprint density at radius 2 is 1.80 bits per heavy atom. The first-order valence-corrected chi connectivity index (χ1v) is 8.03. The van der Waals surface area contributed by atoms with Gasteiger partial charge in [-0.3, -0.25) is 0 Å². The summed E-state index contributed by atoms with van der Waals surface area (Å²) in [5.41, 5.74) is 2.94. The standard InChI is InChI=1S/C18H30N2/c1-15-6-5-12-20(13-11-15)17-9-7-16(8-10-17)14-19-18(2,3)4/h7-10,15,19H,5-6,11-14H2,1-4H3. The maximum Gasteiger partial charge on any atom is 0.0366 e. The van der Waals surface area contributed by atoms with Crippen LogP contribution in [0.5, 0.6) is 0 Å². The van der Waals surface area contributed by atoms with E-state index in [1.54, 1.807) is 0 Å². The minimum Gasteiger partial charge on any atom is -0.372 e. The van der Waals surface area contributed by atoms with Crippen LogP contribution in [0.4, 0.5) is 5.69 Å². The lowest BCUT2D eigenvalue weighted by Gasteiger charge is -2.24. The van der Waals surface area contributed by atoms with Gasteiger partial charge in [0.25, 0.3) is 0 Å². The number of rotatable bonds is 3. The second kappa shape index (κ2) is 6.62. The van der Waals surface area contributed by atoms with Crippen molar-refractivity contribution in [1.82, 2.24) is 5.32 Å². The van der Waals surface area contributed by atoms with Crippen LogP contribution in [0.15, 0.2) is 24.3 Å². The molecule has 1 saturated heterocycles. The number of benzene rings is 1. The van der Waals surface area contributed by atoms with E-state index in [1.165, 1.54) is 43.6 Å². The zero-order valence-electron chi connectivity index (χ0n) is 13.6. The van der Waals surface area contributed by atoms with Crippen molar-refractivity contribution in [2.75, 3.05) is 18.0 Å². The first-order valence-electron chi connectivity index (χ1n) is 8.03. The van der Waals surface area contributed by atoms with Gasteiger partial charge in [0, 0.05) is 30.9 Å². The van der Waals surface area contributed by atoms with E-state index < -0.39 is 0 Å².